The SMILES string of the molecule is C=CN(CC(=O)OC)C(=O)OC(C)(C)C. The van der Waals surface area contributed by atoms with Crippen molar-refractivity contribution in [2.45, 2.75) is 26.4 Å². The van der Waals surface area contributed by atoms with Crippen LogP contribution in [0, 0.1) is 0 Å². The number of methoxy groups -OCH3 is 1. The van der Waals surface area contributed by atoms with Crippen molar-refractivity contribution in [3.63, 3.8) is 0 Å². The highest BCUT2D eigenvalue weighted by atomic mass is 16.6. The predicted octanol–water partition coefficient (Wildman–Crippen LogP) is 1.54. The maximum absolute atomic E-state index is 11.5. The molecule has 0 aliphatic heterocycles. The first-order valence-corrected chi connectivity index (χ1v) is 4.49. The zero-order valence-corrected chi connectivity index (χ0v) is 9.57. The fourth-order valence-corrected chi connectivity index (χ4v) is 0.728. The van der Waals surface area contributed by atoms with Gasteiger partial charge in [0.1, 0.15) is 12.1 Å². The van der Waals surface area contributed by atoms with Gasteiger partial charge in [-0.2, -0.15) is 0 Å². The van der Waals surface area contributed by atoms with Gasteiger partial charge in [0.05, 0.1) is 7.11 Å². The Balaban J connectivity index is 4.35. The average Bonchev–Trinajstić information content (AvgIpc) is 2.10. The van der Waals surface area contributed by atoms with Crippen LogP contribution in [0.2, 0.25) is 0 Å². The van der Waals surface area contributed by atoms with E-state index >= 15 is 0 Å². The molecule has 0 atom stereocenters. The van der Waals surface area contributed by atoms with E-state index in [1.165, 1.54) is 13.3 Å². The minimum absolute atomic E-state index is 0.199. The highest BCUT2D eigenvalue weighted by Gasteiger charge is 2.22. The average molecular weight is 215 g/mol. The van der Waals surface area contributed by atoms with Crippen LogP contribution in [0.25, 0.3) is 0 Å². The molecule has 0 aromatic rings. The molecule has 0 unspecified atom stereocenters. The Morgan fingerprint density at radius 2 is 1.93 bits per heavy atom. The van der Waals surface area contributed by atoms with Gasteiger partial charge in [0, 0.05) is 6.20 Å². The number of carbonyl (C=O) groups excluding carboxylic acids is 2. The fourth-order valence-electron chi connectivity index (χ4n) is 0.728. The van der Waals surface area contributed by atoms with Crippen LogP contribution in [-0.2, 0) is 14.3 Å². The third kappa shape index (κ3) is 5.72. The first kappa shape index (κ1) is 13.5. The number of ether oxygens (including phenoxy) is 2. The Kier molecular flexibility index (Phi) is 4.84. The molecule has 5 nitrogen and oxygen atoms in total. The third-order valence-electron chi connectivity index (χ3n) is 1.38. The summed E-state index contributed by atoms with van der Waals surface area (Å²) in [4.78, 5) is 23.5. The molecular weight excluding hydrogens is 198 g/mol. The highest BCUT2D eigenvalue weighted by molar-refractivity contribution is 5.78. The predicted molar refractivity (Wildman–Crippen MR) is 55.2 cm³/mol. The van der Waals surface area contributed by atoms with Gasteiger partial charge >= 0.3 is 12.1 Å². The lowest BCUT2D eigenvalue weighted by molar-refractivity contribution is -0.141. The maximum atomic E-state index is 11.5. The lowest BCUT2D eigenvalue weighted by Gasteiger charge is -2.24. The molecule has 0 spiro atoms. The van der Waals surface area contributed by atoms with Crippen molar-refractivity contribution in [2.75, 3.05) is 13.7 Å². The molecule has 0 aromatic heterocycles. The normalized spacial score (nSPS) is 10.4. The van der Waals surface area contributed by atoms with Crippen molar-refractivity contribution in [1.29, 1.82) is 0 Å². The summed E-state index contributed by atoms with van der Waals surface area (Å²) in [6.45, 7) is 8.44. The molecule has 0 N–H and O–H groups in total. The van der Waals surface area contributed by atoms with Crippen LogP contribution in [0.5, 0.6) is 0 Å². The van der Waals surface area contributed by atoms with Crippen LogP contribution < -0.4 is 0 Å². The molecule has 0 saturated heterocycles. The Bertz CT molecular complexity index is 255. The van der Waals surface area contributed by atoms with Crippen molar-refractivity contribution in [1.82, 2.24) is 4.90 Å². The largest absolute Gasteiger partial charge is 0.468 e. The summed E-state index contributed by atoms with van der Waals surface area (Å²) in [7, 11) is 1.25. The summed E-state index contributed by atoms with van der Waals surface area (Å²) in [5.74, 6) is -0.527. The zero-order valence-electron chi connectivity index (χ0n) is 9.57. The molecule has 1 amide bonds. The van der Waals surface area contributed by atoms with Crippen molar-refractivity contribution < 1.29 is 19.1 Å². The van der Waals surface area contributed by atoms with Gasteiger partial charge in [0.15, 0.2) is 0 Å². The second kappa shape index (κ2) is 5.38. The van der Waals surface area contributed by atoms with Crippen molar-refractivity contribution >= 4 is 12.1 Å². The molecule has 0 aliphatic carbocycles. The lowest BCUT2D eigenvalue weighted by atomic mass is 10.2. The van der Waals surface area contributed by atoms with Gasteiger partial charge in [0.2, 0.25) is 0 Å². The van der Waals surface area contributed by atoms with Gasteiger partial charge in [-0.25, -0.2) is 4.79 Å². The molecule has 0 rings (SSSR count). The quantitative estimate of drug-likeness (QED) is 0.670. The summed E-state index contributed by atoms with van der Waals surface area (Å²) in [5.41, 5.74) is -0.603. The Morgan fingerprint density at radius 1 is 1.40 bits per heavy atom. The Labute approximate surface area is 89.6 Å². The molecule has 0 heterocycles. The van der Waals surface area contributed by atoms with Gasteiger partial charge in [-0.05, 0) is 20.8 Å². The van der Waals surface area contributed by atoms with E-state index < -0.39 is 17.7 Å². The highest BCUT2D eigenvalue weighted by Crippen LogP contribution is 2.09. The zero-order chi connectivity index (χ0) is 12.1. The summed E-state index contributed by atoms with van der Waals surface area (Å²) in [5, 5.41) is 0. The molecule has 0 radical (unpaired) electrons. The molecule has 15 heavy (non-hydrogen) atoms. The molecule has 0 saturated carbocycles. The summed E-state index contributed by atoms with van der Waals surface area (Å²) in [6, 6.07) is 0. The van der Waals surface area contributed by atoms with Crippen LogP contribution in [0.15, 0.2) is 12.8 Å². The van der Waals surface area contributed by atoms with Crippen LogP contribution in [0.1, 0.15) is 20.8 Å². The van der Waals surface area contributed by atoms with Crippen LogP contribution in [-0.4, -0.2) is 36.2 Å². The molecular formula is C10H17NO4. The van der Waals surface area contributed by atoms with E-state index in [0.29, 0.717) is 0 Å². The number of nitrogens with zero attached hydrogens (tertiary/aromatic N) is 1. The summed E-state index contributed by atoms with van der Waals surface area (Å²) < 4.78 is 9.47. The minimum atomic E-state index is -0.622. The lowest BCUT2D eigenvalue weighted by Crippen LogP contribution is -2.36. The standard InChI is InChI=1S/C10H17NO4/c1-6-11(7-8(12)14-5)9(13)15-10(2,3)4/h6H,1,7H2,2-5H3. The Hall–Kier alpha value is -1.52. The smallest absolute Gasteiger partial charge is 0.414 e. The number of hydrogen-bond acceptors (Lipinski definition) is 4. The van der Waals surface area contributed by atoms with Crippen molar-refractivity contribution in [3.8, 4) is 0 Å². The number of amides is 1. The van der Waals surface area contributed by atoms with E-state index in [1.807, 2.05) is 0 Å². The van der Waals surface area contributed by atoms with E-state index in [9.17, 15) is 9.59 Å². The second-order valence-corrected chi connectivity index (χ2v) is 3.87. The number of esters is 1. The van der Waals surface area contributed by atoms with E-state index in [2.05, 4.69) is 11.3 Å². The van der Waals surface area contributed by atoms with Crippen LogP contribution in [0.4, 0.5) is 4.79 Å². The van der Waals surface area contributed by atoms with Gasteiger partial charge in [-0.1, -0.05) is 6.58 Å². The Morgan fingerprint density at radius 3 is 2.27 bits per heavy atom. The van der Waals surface area contributed by atoms with E-state index in [4.69, 9.17) is 4.74 Å². The van der Waals surface area contributed by atoms with Crippen LogP contribution >= 0.6 is 0 Å². The minimum Gasteiger partial charge on any atom is -0.468 e. The van der Waals surface area contributed by atoms with Gasteiger partial charge in [0.25, 0.3) is 0 Å². The van der Waals surface area contributed by atoms with Crippen molar-refractivity contribution in [2.24, 2.45) is 0 Å². The van der Waals surface area contributed by atoms with Gasteiger partial charge < -0.3 is 9.47 Å². The maximum Gasteiger partial charge on any atom is 0.414 e. The fraction of sp³-hybridized carbons (Fsp3) is 0.600. The van der Waals surface area contributed by atoms with E-state index in [0.717, 1.165) is 4.90 Å². The third-order valence-corrected chi connectivity index (χ3v) is 1.38. The first-order chi connectivity index (χ1) is 6.80. The molecule has 0 aromatic carbocycles. The molecule has 86 valence electrons. The molecule has 5 heteroatoms. The number of carbonyl (C=O) groups is 2. The molecule has 0 bridgehead atoms. The molecule has 0 fully saturated rings. The summed E-state index contributed by atoms with van der Waals surface area (Å²) in [6.07, 6.45) is 0.605. The van der Waals surface area contributed by atoms with Crippen LogP contribution in [0.3, 0.4) is 0 Å². The number of hydrogen-bond donors (Lipinski definition) is 0. The first-order valence-electron chi connectivity index (χ1n) is 4.49. The van der Waals surface area contributed by atoms with Crippen molar-refractivity contribution in [3.05, 3.63) is 12.8 Å². The van der Waals surface area contributed by atoms with E-state index in [-0.39, 0.29) is 6.54 Å². The summed E-state index contributed by atoms with van der Waals surface area (Å²) >= 11 is 0. The monoisotopic (exact) mass is 215 g/mol. The van der Waals surface area contributed by atoms with E-state index in [1.54, 1.807) is 20.8 Å². The van der Waals surface area contributed by atoms with Gasteiger partial charge in [-0.3, -0.25) is 9.69 Å². The second-order valence-electron chi connectivity index (χ2n) is 3.87. The number of rotatable bonds is 3. The molecule has 0 aliphatic rings. The van der Waals surface area contributed by atoms with Gasteiger partial charge in [-0.15, -0.1) is 0 Å². The topological polar surface area (TPSA) is 55.8 Å².